The number of ketones is 1. The van der Waals surface area contributed by atoms with Gasteiger partial charge in [0, 0.05) is 30.5 Å². The molecule has 1 fully saturated rings. The van der Waals surface area contributed by atoms with Crippen LogP contribution in [-0.4, -0.2) is 54.7 Å². The molecule has 1 atom stereocenters. The van der Waals surface area contributed by atoms with Crippen LogP contribution in [0.3, 0.4) is 0 Å². The lowest BCUT2D eigenvalue weighted by Gasteiger charge is -2.23. The predicted molar refractivity (Wildman–Crippen MR) is 102 cm³/mol. The quantitative estimate of drug-likeness (QED) is 0.774. The zero-order valence-corrected chi connectivity index (χ0v) is 15.9. The van der Waals surface area contributed by atoms with Gasteiger partial charge in [0.1, 0.15) is 5.69 Å². The second-order valence-electron chi connectivity index (χ2n) is 6.50. The topological polar surface area (TPSA) is 109 Å². The van der Waals surface area contributed by atoms with E-state index < -0.39 is 15.7 Å². The summed E-state index contributed by atoms with van der Waals surface area (Å²) < 4.78 is 23.3. The van der Waals surface area contributed by atoms with Crippen molar-refractivity contribution in [1.82, 2.24) is 9.97 Å². The van der Waals surface area contributed by atoms with Crippen molar-refractivity contribution in [2.45, 2.75) is 19.4 Å². The Morgan fingerprint density at radius 3 is 2.48 bits per heavy atom. The summed E-state index contributed by atoms with van der Waals surface area (Å²) in [6.45, 7) is 1.47. The summed E-state index contributed by atoms with van der Waals surface area (Å²) in [4.78, 5) is 33.9. The number of anilines is 2. The first-order valence-electron chi connectivity index (χ1n) is 8.44. The molecule has 0 bridgehead atoms. The number of hydrogen-bond donors (Lipinski definition) is 1. The number of rotatable bonds is 5. The fourth-order valence-corrected chi connectivity index (χ4v) is 4.65. The van der Waals surface area contributed by atoms with E-state index in [1.165, 1.54) is 19.2 Å². The van der Waals surface area contributed by atoms with Crippen LogP contribution in [0.2, 0.25) is 0 Å². The van der Waals surface area contributed by atoms with Gasteiger partial charge in [-0.2, -0.15) is 0 Å². The number of Topliss-reactive ketones (excluding diaryl/α,β-unsaturated/α-hetero) is 1. The number of hydrogen-bond acceptors (Lipinski definition) is 7. The molecular formula is C18H20N4O4S. The Morgan fingerprint density at radius 1 is 1.19 bits per heavy atom. The molecule has 2 aromatic rings. The Morgan fingerprint density at radius 2 is 1.89 bits per heavy atom. The van der Waals surface area contributed by atoms with E-state index in [-0.39, 0.29) is 29.0 Å². The summed E-state index contributed by atoms with van der Waals surface area (Å²) in [6.07, 6.45) is 1.98. The van der Waals surface area contributed by atoms with Crippen LogP contribution in [0, 0.1) is 0 Å². The second kappa shape index (κ2) is 7.43. The number of carbonyl (C=O) groups is 2. The van der Waals surface area contributed by atoms with Crippen molar-refractivity contribution in [3.63, 3.8) is 0 Å². The maximum absolute atomic E-state index is 12.4. The molecule has 0 spiro atoms. The minimum Gasteiger partial charge on any atom is -0.340 e. The molecule has 1 amide bonds. The predicted octanol–water partition coefficient (Wildman–Crippen LogP) is 1.55. The van der Waals surface area contributed by atoms with E-state index in [1.807, 2.05) is 0 Å². The highest BCUT2D eigenvalue weighted by Crippen LogP contribution is 2.20. The third-order valence-corrected chi connectivity index (χ3v) is 6.25. The highest BCUT2D eigenvalue weighted by molar-refractivity contribution is 7.91. The molecule has 1 aromatic carbocycles. The molecule has 3 rings (SSSR count). The number of benzene rings is 1. The second-order valence-corrected chi connectivity index (χ2v) is 8.73. The maximum Gasteiger partial charge on any atom is 0.274 e. The molecule has 9 heteroatoms. The summed E-state index contributed by atoms with van der Waals surface area (Å²) in [6, 6.07) is 7.85. The van der Waals surface area contributed by atoms with Crippen molar-refractivity contribution in [3.05, 3.63) is 47.8 Å². The molecule has 142 valence electrons. The number of aromatic nitrogens is 2. The molecular weight excluding hydrogens is 368 g/mol. The summed E-state index contributed by atoms with van der Waals surface area (Å²) in [5, 5.41) is 2.72. The van der Waals surface area contributed by atoms with E-state index >= 15 is 0 Å². The number of nitrogens with one attached hydrogen (secondary N) is 1. The van der Waals surface area contributed by atoms with Crippen molar-refractivity contribution >= 4 is 33.2 Å². The van der Waals surface area contributed by atoms with Crippen LogP contribution in [0.15, 0.2) is 36.5 Å². The average Bonchev–Trinajstić information content (AvgIpc) is 3.01. The third-order valence-electron chi connectivity index (χ3n) is 4.50. The van der Waals surface area contributed by atoms with Crippen LogP contribution in [0.25, 0.3) is 0 Å². The van der Waals surface area contributed by atoms with Gasteiger partial charge in [0.15, 0.2) is 15.6 Å². The van der Waals surface area contributed by atoms with Gasteiger partial charge in [-0.25, -0.2) is 18.4 Å². The van der Waals surface area contributed by atoms with Crippen LogP contribution >= 0.6 is 0 Å². The Balaban J connectivity index is 1.72. The number of sulfone groups is 1. The maximum atomic E-state index is 12.4. The Hall–Kier alpha value is -2.81. The van der Waals surface area contributed by atoms with E-state index in [0.717, 1.165) is 0 Å². The normalized spacial score (nSPS) is 18.1. The fourth-order valence-electron chi connectivity index (χ4n) is 2.87. The molecule has 1 aliphatic rings. The summed E-state index contributed by atoms with van der Waals surface area (Å²) in [5.41, 5.74) is 1.27. The SMILES string of the molecule is CC(=O)c1ccc(NC(=O)c2ccnc(N(C)C3CCS(=O)(=O)C3)n2)cc1. The van der Waals surface area contributed by atoms with Crippen LogP contribution in [0.5, 0.6) is 0 Å². The lowest BCUT2D eigenvalue weighted by molar-refractivity contribution is 0.101. The van der Waals surface area contributed by atoms with Crippen molar-refractivity contribution in [2.75, 3.05) is 28.8 Å². The van der Waals surface area contributed by atoms with E-state index in [9.17, 15) is 18.0 Å². The van der Waals surface area contributed by atoms with Crippen LogP contribution in [-0.2, 0) is 9.84 Å². The van der Waals surface area contributed by atoms with Crippen molar-refractivity contribution in [3.8, 4) is 0 Å². The molecule has 2 heterocycles. The van der Waals surface area contributed by atoms with Gasteiger partial charge in [0.2, 0.25) is 5.95 Å². The molecule has 8 nitrogen and oxygen atoms in total. The standard InChI is InChI=1S/C18H20N4O4S/c1-12(23)13-3-5-14(6-4-13)20-17(24)16-7-9-19-18(21-16)22(2)15-8-10-27(25,26)11-15/h3-7,9,15H,8,10-11H2,1-2H3,(H,20,24). The van der Waals surface area contributed by atoms with Gasteiger partial charge >= 0.3 is 0 Å². The van der Waals surface area contributed by atoms with E-state index in [2.05, 4.69) is 15.3 Å². The first-order chi connectivity index (χ1) is 12.7. The lowest BCUT2D eigenvalue weighted by Crippen LogP contribution is -2.34. The van der Waals surface area contributed by atoms with Crippen LogP contribution in [0.4, 0.5) is 11.6 Å². The third kappa shape index (κ3) is 4.48. The monoisotopic (exact) mass is 388 g/mol. The lowest BCUT2D eigenvalue weighted by atomic mass is 10.1. The highest BCUT2D eigenvalue weighted by atomic mass is 32.2. The fraction of sp³-hybridized carbons (Fsp3) is 0.333. The Kier molecular flexibility index (Phi) is 5.22. The minimum atomic E-state index is -3.03. The first kappa shape index (κ1) is 19.0. The number of nitrogens with zero attached hydrogens (tertiary/aromatic N) is 3. The summed E-state index contributed by atoms with van der Waals surface area (Å²) in [7, 11) is -1.30. The zero-order chi connectivity index (χ0) is 19.6. The summed E-state index contributed by atoms with van der Waals surface area (Å²) in [5.74, 6) is 0.0492. The Labute approximate surface area is 157 Å². The Bertz CT molecular complexity index is 973. The molecule has 1 N–H and O–H groups in total. The summed E-state index contributed by atoms with van der Waals surface area (Å²) >= 11 is 0. The number of amides is 1. The van der Waals surface area contributed by atoms with Gasteiger partial charge in [-0.15, -0.1) is 0 Å². The van der Waals surface area contributed by atoms with Crippen molar-refractivity contribution in [1.29, 1.82) is 0 Å². The minimum absolute atomic E-state index is 0.0507. The zero-order valence-electron chi connectivity index (χ0n) is 15.0. The van der Waals surface area contributed by atoms with Gasteiger partial charge in [-0.05, 0) is 43.7 Å². The van der Waals surface area contributed by atoms with Gasteiger partial charge in [-0.3, -0.25) is 9.59 Å². The molecule has 0 radical (unpaired) electrons. The molecule has 1 unspecified atom stereocenters. The van der Waals surface area contributed by atoms with Crippen molar-refractivity contribution in [2.24, 2.45) is 0 Å². The van der Waals surface area contributed by atoms with Gasteiger partial charge in [-0.1, -0.05) is 0 Å². The van der Waals surface area contributed by atoms with Crippen molar-refractivity contribution < 1.29 is 18.0 Å². The number of carbonyl (C=O) groups excluding carboxylic acids is 2. The van der Waals surface area contributed by atoms with Crippen LogP contribution < -0.4 is 10.2 Å². The molecule has 1 saturated heterocycles. The van der Waals surface area contributed by atoms with E-state index in [0.29, 0.717) is 23.6 Å². The van der Waals surface area contributed by atoms with Crippen LogP contribution in [0.1, 0.15) is 34.2 Å². The molecule has 0 aliphatic carbocycles. The molecule has 1 aliphatic heterocycles. The van der Waals surface area contributed by atoms with Gasteiger partial charge in [0.25, 0.3) is 5.91 Å². The van der Waals surface area contributed by atoms with E-state index in [1.54, 1.807) is 36.2 Å². The van der Waals surface area contributed by atoms with Gasteiger partial charge in [0.05, 0.1) is 11.5 Å². The largest absolute Gasteiger partial charge is 0.340 e. The first-order valence-corrected chi connectivity index (χ1v) is 10.3. The van der Waals surface area contributed by atoms with E-state index in [4.69, 9.17) is 0 Å². The molecule has 0 saturated carbocycles. The average molecular weight is 388 g/mol. The molecule has 1 aromatic heterocycles. The smallest absolute Gasteiger partial charge is 0.274 e. The van der Waals surface area contributed by atoms with Gasteiger partial charge < -0.3 is 10.2 Å². The molecule has 27 heavy (non-hydrogen) atoms. The highest BCUT2D eigenvalue weighted by Gasteiger charge is 2.31.